The largest absolute Gasteiger partial charge is 0.456 e. The standard InChI is InChI=1S/C38H22N4O/c1-2-11-24(12-3-1)36-40-37(42-38(41-36)35-34-29-16-8-9-17-32(29)43-33(34)20-21-39-35)31-22-30-25-13-5-4-10-23(25)18-19-28(30)26-14-6-7-15-27(26)31/h1-22H. The molecule has 3 heterocycles. The summed E-state index contributed by atoms with van der Waals surface area (Å²) in [4.78, 5) is 20.1. The smallest absolute Gasteiger partial charge is 0.183 e. The van der Waals surface area contributed by atoms with Crippen molar-refractivity contribution in [3.8, 4) is 34.3 Å². The average Bonchev–Trinajstić information content (AvgIpc) is 3.47. The van der Waals surface area contributed by atoms with E-state index in [2.05, 4.69) is 72.8 Å². The molecule has 0 radical (unpaired) electrons. The molecule has 0 unspecified atom stereocenters. The van der Waals surface area contributed by atoms with E-state index in [1.807, 2.05) is 54.6 Å². The van der Waals surface area contributed by atoms with Crippen molar-refractivity contribution in [3.63, 3.8) is 0 Å². The highest BCUT2D eigenvalue weighted by Gasteiger charge is 2.20. The van der Waals surface area contributed by atoms with Gasteiger partial charge in [0.05, 0.1) is 5.39 Å². The van der Waals surface area contributed by atoms with Crippen molar-refractivity contribution >= 4 is 54.3 Å². The van der Waals surface area contributed by atoms with Gasteiger partial charge in [-0.1, -0.05) is 109 Å². The van der Waals surface area contributed by atoms with Gasteiger partial charge in [-0.05, 0) is 50.5 Å². The fraction of sp³-hybridized carbons (Fsp3) is 0. The van der Waals surface area contributed by atoms with Crippen molar-refractivity contribution in [1.29, 1.82) is 0 Å². The summed E-state index contributed by atoms with van der Waals surface area (Å²) in [6.07, 6.45) is 1.75. The van der Waals surface area contributed by atoms with Gasteiger partial charge in [0.2, 0.25) is 0 Å². The van der Waals surface area contributed by atoms with Crippen LogP contribution in [0.2, 0.25) is 0 Å². The van der Waals surface area contributed by atoms with Gasteiger partial charge in [-0.2, -0.15) is 0 Å². The molecule has 0 atom stereocenters. The Bertz CT molecular complexity index is 2520. The van der Waals surface area contributed by atoms with Crippen LogP contribution >= 0.6 is 0 Å². The normalized spacial score (nSPS) is 11.7. The SMILES string of the molecule is c1ccc(-c2nc(-c3cc4c5ccccc5ccc4c4ccccc34)nc(-c3nccc4oc5ccccc5c34)n2)cc1. The van der Waals surface area contributed by atoms with Crippen molar-refractivity contribution in [2.75, 3.05) is 0 Å². The van der Waals surface area contributed by atoms with E-state index in [1.54, 1.807) is 6.20 Å². The van der Waals surface area contributed by atoms with Crippen LogP contribution in [-0.2, 0) is 0 Å². The second kappa shape index (κ2) is 9.29. The van der Waals surface area contributed by atoms with Crippen molar-refractivity contribution in [2.24, 2.45) is 0 Å². The van der Waals surface area contributed by atoms with Gasteiger partial charge in [0.25, 0.3) is 0 Å². The summed E-state index contributed by atoms with van der Waals surface area (Å²) in [6, 6.07) is 43.5. The molecular weight excluding hydrogens is 528 g/mol. The fourth-order valence-electron chi connectivity index (χ4n) is 6.20. The van der Waals surface area contributed by atoms with Crippen LogP contribution in [0.1, 0.15) is 0 Å². The van der Waals surface area contributed by atoms with Gasteiger partial charge in [-0.15, -0.1) is 0 Å². The van der Waals surface area contributed by atoms with Gasteiger partial charge < -0.3 is 4.42 Å². The summed E-state index contributed by atoms with van der Waals surface area (Å²) >= 11 is 0. The van der Waals surface area contributed by atoms with Crippen molar-refractivity contribution in [3.05, 3.63) is 134 Å². The van der Waals surface area contributed by atoms with Crippen LogP contribution in [0.15, 0.2) is 138 Å². The number of benzene rings is 6. The zero-order valence-electron chi connectivity index (χ0n) is 22.9. The van der Waals surface area contributed by atoms with Crippen LogP contribution < -0.4 is 0 Å². The van der Waals surface area contributed by atoms with Gasteiger partial charge in [0, 0.05) is 22.7 Å². The van der Waals surface area contributed by atoms with E-state index in [0.717, 1.165) is 49.2 Å². The summed E-state index contributed by atoms with van der Waals surface area (Å²) in [5, 5.41) is 8.87. The van der Waals surface area contributed by atoms with E-state index < -0.39 is 0 Å². The molecule has 0 saturated heterocycles. The molecule has 200 valence electrons. The monoisotopic (exact) mass is 550 g/mol. The topological polar surface area (TPSA) is 64.7 Å². The Morgan fingerprint density at radius 1 is 0.442 bits per heavy atom. The average molecular weight is 551 g/mol. The minimum Gasteiger partial charge on any atom is -0.456 e. The highest BCUT2D eigenvalue weighted by atomic mass is 16.3. The number of rotatable bonds is 3. The van der Waals surface area contributed by atoms with Gasteiger partial charge in [0.15, 0.2) is 17.5 Å². The Morgan fingerprint density at radius 2 is 1.12 bits per heavy atom. The predicted molar refractivity (Wildman–Crippen MR) is 174 cm³/mol. The number of aromatic nitrogens is 4. The Morgan fingerprint density at radius 3 is 2.00 bits per heavy atom. The molecule has 0 bridgehead atoms. The first-order valence-electron chi connectivity index (χ1n) is 14.2. The highest BCUT2D eigenvalue weighted by Crippen LogP contribution is 2.39. The Balaban J connectivity index is 1.39. The molecular formula is C38H22N4O. The van der Waals surface area contributed by atoms with E-state index >= 15 is 0 Å². The van der Waals surface area contributed by atoms with Crippen molar-refractivity contribution in [1.82, 2.24) is 19.9 Å². The fourth-order valence-corrected chi connectivity index (χ4v) is 6.20. The molecule has 0 N–H and O–H groups in total. The lowest BCUT2D eigenvalue weighted by molar-refractivity contribution is 0.668. The molecule has 43 heavy (non-hydrogen) atoms. The molecule has 5 nitrogen and oxygen atoms in total. The molecule has 0 saturated carbocycles. The predicted octanol–water partition coefficient (Wildman–Crippen LogP) is 9.63. The lowest BCUT2D eigenvalue weighted by Gasteiger charge is -2.13. The molecule has 0 aliphatic rings. The van der Waals surface area contributed by atoms with E-state index in [1.165, 1.54) is 16.2 Å². The maximum atomic E-state index is 6.18. The zero-order chi connectivity index (χ0) is 28.3. The number of fused-ring (bicyclic) bond motifs is 8. The van der Waals surface area contributed by atoms with Crippen LogP contribution in [0.25, 0.3) is 88.5 Å². The quantitative estimate of drug-likeness (QED) is 0.205. The first-order chi connectivity index (χ1) is 21.3. The first-order valence-corrected chi connectivity index (χ1v) is 14.2. The van der Waals surface area contributed by atoms with E-state index in [-0.39, 0.29) is 0 Å². The Kier molecular flexibility index (Phi) is 5.13. The number of hydrogen-bond acceptors (Lipinski definition) is 5. The summed E-state index contributed by atoms with van der Waals surface area (Å²) < 4.78 is 6.18. The molecule has 6 aromatic carbocycles. The van der Waals surface area contributed by atoms with Crippen molar-refractivity contribution < 1.29 is 4.42 Å². The molecule has 3 aromatic heterocycles. The van der Waals surface area contributed by atoms with Crippen molar-refractivity contribution in [2.45, 2.75) is 0 Å². The summed E-state index contributed by atoms with van der Waals surface area (Å²) in [6.45, 7) is 0. The van der Waals surface area contributed by atoms with Crippen LogP contribution in [0.5, 0.6) is 0 Å². The Labute approximate surface area is 246 Å². The zero-order valence-corrected chi connectivity index (χ0v) is 22.9. The van der Waals surface area contributed by atoms with Crippen LogP contribution in [0, 0.1) is 0 Å². The third-order valence-corrected chi connectivity index (χ3v) is 8.18. The van der Waals surface area contributed by atoms with Gasteiger partial charge in [-0.25, -0.2) is 15.0 Å². The summed E-state index contributed by atoms with van der Waals surface area (Å²) in [7, 11) is 0. The first kappa shape index (κ1) is 23.7. The second-order valence-corrected chi connectivity index (χ2v) is 10.7. The van der Waals surface area contributed by atoms with Crippen LogP contribution in [0.4, 0.5) is 0 Å². The molecule has 0 fully saturated rings. The Hall–Kier alpha value is -5.94. The summed E-state index contributed by atoms with van der Waals surface area (Å²) in [5.41, 5.74) is 4.07. The third kappa shape index (κ3) is 3.72. The van der Waals surface area contributed by atoms with Gasteiger partial charge in [-0.3, -0.25) is 4.98 Å². The number of furan rings is 1. The second-order valence-electron chi connectivity index (χ2n) is 10.7. The lowest BCUT2D eigenvalue weighted by atomic mass is 9.93. The molecule has 9 rings (SSSR count). The third-order valence-electron chi connectivity index (χ3n) is 8.18. The minimum absolute atomic E-state index is 0.503. The van der Waals surface area contributed by atoms with Crippen LogP contribution in [-0.4, -0.2) is 19.9 Å². The number of hydrogen-bond donors (Lipinski definition) is 0. The van der Waals surface area contributed by atoms with Gasteiger partial charge in [0.1, 0.15) is 16.9 Å². The molecule has 9 aromatic rings. The minimum atomic E-state index is 0.503. The number of para-hydroxylation sites is 1. The lowest BCUT2D eigenvalue weighted by Crippen LogP contribution is -2.02. The maximum absolute atomic E-state index is 6.18. The highest BCUT2D eigenvalue weighted by molar-refractivity contribution is 6.20. The molecule has 0 amide bonds. The number of pyridine rings is 1. The van der Waals surface area contributed by atoms with E-state index in [4.69, 9.17) is 24.4 Å². The molecule has 0 spiro atoms. The van der Waals surface area contributed by atoms with Crippen LogP contribution in [0.3, 0.4) is 0 Å². The van der Waals surface area contributed by atoms with Gasteiger partial charge >= 0.3 is 0 Å². The maximum Gasteiger partial charge on any atom is 0.183 e. The summed E-state index contributed by atoms with van der Waals surface area (Å²) in [5.74, 6) is 1.69. The molecule has 0 aliphatic heterocycles. The van der Waals surface area contributed by atoms with E-state index in [9.17, 15) is 0 Å². The number of nitrogens with zero attached hydrogens (tertiary/aromatic N) is 4. The molecule has 5 heteroatoms. The van der Waals surface area contributed by atoms with E-state index in [0.29, 0.717) is 23.2 Å². The molecule has 0 aliphatic carbocycles.